The van der Waals surface area contributed by atoms with Crippen LogP contribution in [0, 0.1) is 0 Å². The van der Waals surface area contributed by atoms with E-state index in [4.69, 9.17) is 9.84 Å². The van der Waals surface area contributed by atoms with Gasteiger partial charge in [0, 0.05) is 5.56 Å². The highest BCUT2D eigenvalue weighted by atomic mass is 16.5. The molecule has 110 valence electrons. The fourth-order valence-corrected chi connectivity index (χ4v) is 1.87. The smallest absolute Gasteiger partial charge is 0.251 e. The minimum absolute atomic E-state index is 0.0670. The number of carbonyl (C=O) groups is 1. The fraction of sp³-hybridized carbons (Fsp3) is 0.235. The van der Waals surface area contributed by atoms with E-state index in [0.29, 0.717) is 17.7 Å². The minimum Gasteiger partial charge on any atom is -0.457 e. The Labute approximate surface area is 124 Å². The number of hydrogen-bond acceptors (Lipinski definition) is 3. The Morgan fingerprint density at radius 2 is 1.86 bits per heavy atom. The van der Waals surface area contributed by atoms with Gasteiger partial charge in [-0.3, -0.25) is 4.79 Å². The van der Waals surface area contributed by atoms with Crippen LogP contribution in [0.2, 0.25) is 0 Å². The van der Waals surface area contributed by atoms with Crippen LogP contribution in [0.3, 0.4) is 0 Å². The molecular weight excluding hydrogens is 266 g/mol. The van der Waals surface area contributed by atoms with E-state index < -0.39 is 0 Å². The summed E-state index contributed by atoms with van der Waals surface area (Å²) in [5.41, 5.74) is 0.510. The molecule has 0 fully saturated rings. The molecule has 1 amide bonds. The molecule has 0 aliphatic carbocycles. The molecule has 21 heavy (non-hydrogen) atoms. The first-order valence-corrected chi connectivity index (χ1v) is 6.97. The lowest BCUT2D eigenvalue weighted by Crippen LogP contribution is -2.36. The lowest BCUT2D eigenvalue weighted by atomic mass is 10.1. The number of rotatable bonds is 6. The van der Waals surface area contributed by atoms with Crippen molar-refractivity contribution in [2.75, 3.05) is 6.61 Å². The number of benzene rings is 2. The molecule has 1 atom stereocenters. The number of nitrogens with one attached hydrogen (secondary N) is 1. The van der Waals surface area contributed by atoms with Crippen molar-refractivity contribution in [1.29, 1.82) is 0 Å². The first kappa shape index (κ1) is 15.1. The van der Waals surface area contributed by atoms with Crippen LogP contribution in [0.5, 0.6) is 11.5 Å². The first-order valence-electron chi connectivity index (χ1n) is 6.97. The molecule has 0 radical (unpaired) electrons. The summed E-state index contributed by atoms with van der Waals surface area (Å²) < 4.78 is 5.70. The van der Waals surface area contributed by atoms with Crippen LogP contribution in [0.4, 0.5) is 0 Å². The zero-order valence-corrected chi connectivity index (χ0v) is 12.0. The molecule has 2 aromatic carbocycles. The van der Waals surface area contributed by atoms with E-state index in [1.165, 1.54) is 0 Å². The quantitative estimate of drug-likeness (QED) is 0.858. The molecule has 2 N–H and O–H groups in total. The molecule has 0 spiro atoms. The van der Waals surface area contributed by atoms with E-state index in [9.17, 15) is 4.79 Å². The van der Waals surface area contributed by atoms with Gasteiger partial charge in [0.25, 0.3) is 5.91 Å². The van der Waals surface area contributed by atoms with Gasteiger partial charge < -0.3 is 15.2 Å². The van der Waals surface area contributed by atoms with Gasteiger partial charge in [-0.05, 0) is 36.8 Å². The van der Waals surface area contributed by atoms with Crippen LogP contribution >= 0.6 is 0 Å². The Bertz CT molecular complexity index is 580. The molecule has 0 bridgehead atoms. The monoisotopic (exact) mass is 285 g/mol. The Morgan fingerprint density at radius 3 is 2.52 bits per heavy atom. The molecule has 0 saturated heterocycles. The molecule has 0 aromatic heterocycles. The summed E-state index contributed by atoms with van der Waals surface area (Å²) in [6, 6.07) is 16.1. The fourth-order valence-electron chi connectivity index (χ4n) is 1.87. The van der Waals surface area contributed by atoms with Gasteiger partial charge in [0.05, 0.1) is 12.6 Å². The number of aliphatic hydroxyl groups excluding tert-OH is 1. The number of para-hydroxylation sites is 1. The summed E-state index contributed by atoms with van der Waals surface area (Å²) in [7, 11) is 0. The summed E-state index contributed by atoms with van der Waals surface area (Å²) in [4.78, 5) is 12.1. The van der Waals surface area contributed by atoms with E-state index in [1.807, 2.05) is 37.3 Å². The largest absolute Gasteiger partial charge is 0.457 e. The third kappa shape index (κ3) is 4.33. The van der Waals surface area contributed by atoms with E-state index >= 15 is 0 Å². The number of amides is 1. The summed E-state index contributed by atoms with van der Waals surface area (Å²) in [6.45, 7) is 1.85. The van der Waals surface area contributed by atoms with Gasteiger partial charge in [0.2, 0.25) is 0 Å². The Morgan fingerprint density at radius 1 is 1.14 bits per heavy atom. The molecule has 2 rings (SSSR count). The molecule has 0 aliphatic rings. The Kier molecular flexibility index (Phi) is 5.35. The van der Waals surface area contributed by atoms with Crippen molar-refractivity contribution in [2.24, 2.45) is 0 Å². The molecule has 0 unspecified atom stereocenters. The normalized spacial score (nSPS) is 11.7. The number of carbonyl (C=O) groups excluding carboxylic acids is 1. The van der Waals surface area contributed by atoms with Crippen molar-refractivity contribution < 1.29 is 14.6 Å². The molecule has 4 heteroatoms. The van der Waals surface area contributed by atoms with Crippen LogP contribution in [0.25, 0.3) is 0 Å². The molecule has 0 aliphatic heterocycles. The maximum absolute atomic E-state index is 12.1. The average Bonchev–Trinajstić information content (AvgIpc) is 2.53. The standard InChI is InChI=1S/C17H19NO3/c1-2-14(12-19)18-17(20)13-7-6-10-16(11-13)21-15-8-4-3-5-9-15/h3-11,14,19H,2,12H2,1H3,(H,18,20)/t14-/m1/s1. The average molecular weight is 285 g/mol. The zero-order chi connectivity index (χ0) is 15.1. The number of ether oxygens (including phenoxy) is 1. The van der Waals surface area contributed by atoms with Crippen molar-refractivity contribution in [3.63, 3.8) is 0 Å². The summed E-state index contributed by atoms with van der Waals surface area (Å²) in [6.07, 6.45) is 0.683. The van der Waals surface area contributed by atoms with Crippen molar-refractivity contribution in [3.8, 4) is 11.5 Å². The topological polar surface area (TPSA) is 58.6 Å². The van der Waals surface area contributed by atoms with Crippen LogP contribution in [-0.4, -0.2) is 23.7 Å². The van der Waals surface area contributed by atoms with Crippen LogP contribution in [0.15, 0.2) is 54.6 Å². The second kappa shape index (κ2) is 7.45. The summed E-state index contributed by atoms with van der Waals surface area (Å²) >= 11 is 0. The van der Waals surface area contributed by atoms with Gasteiger partial charge in [0.1, 0.15) is 11.5 Å². The maximum atomic E-state index is 12.1. The number of hydrogen-bond donors (Lipinski definition) is 2. The predicted octanol–water partition coefficient (Wildman–Crippen LogP) is 2.98. The van der Waals surface area contributed by atoms with E-state index in [2.05, 4.69) is 5.32 Å². The second-order valence-corrected chi connectivity index (χ2v) is 4.70. The van der Waals surface area contributed by atoms with Gasteiger partial charge in [-0.2, -0.15) is 0 Å². The second-order valence-electron chi connectivity index (χ2n) is 4.70. The highest BCUT2D eigenvalue weighted by Gasteiger charge is 2.12. The maximum Gasteiger partial charge on any atom is 0.251 e. The van der Waals surface area contributed by atoms with Gasteiger partial charge in [-0.1, -0.05) is 31.2 Å². The van der Waals surface area contributed by atoms with E-state index in [1.54, 1.807) is 24.3 Å². The Balaban J connectivity index is 2.08. The minimum atomic E-state index is -0.226. The van der Waals surface area contributed by atoms with Crippen molar-refractivity contribution in [1.82, 2.24) is 5.32 Å². The molecule has 0 heterocycles. The zero-order valence-electron chi connectivity index (χ0n) is 12.0. The Hall–Kier alpha value is -2.33. The predicted molar refractivity (Wildman–Crippen MR) is 81.6 cm³/mol. The van der Waals surface area contributed by atoms with Gasteiger partial charge in [-0.15, -0.1) is 0 Å². The first-order chi connectivity index (χ1) is 10.2. The van der Waals surface area contributed by atoms with Crippen LogP contribution in [0.1, 0.15) is 23.7 Å². The molecule has 2 aromatic rings. The highest BCUT2D eigenvalue weighted by Crippen LogP contribution is 2.21. The van der Waals surface area contributed by atoms with Gasteiger partial charge in [-0.25, -0.2) is 0 Å². The van der Waals surface area contributed by atoms with E-state index in [-0.39, 0.29) is 18.6 Å². The number of aliphatic hydroxyl groups is 1. The van der Waals surface area contributed by atoms with E-state index in [0.717, 1.165) is 5.75 Å². The van der Waals surface area contributed by atoms with Crippen molar-refractivity contribution in [2.45, 2.75) is 19.4 Å². The molecule has 4 nitrogen and oxygen atoms in total. The highest BCUT2D eigenvalue weighted by molar-refractivity contribution is 5.94. The van der Waals surface area contributed by atoms with Gasteiger partial charge in [0.15, 0.2) is 0 Å². The lowest BCUT2D eigenvalue weighted by Gasteiger charge is -2.14. The third-order valence-corrected chi connectivity index (χ3v) is 3.12. The van der Waals surface area contributed by atoms with Crippen molar-refractivity contribution >= 4 is 5.91 Å². The van der Waals surface area contributed by atoms with Gasteiger partial charge >= 0.3 is 0 Å². The summed E-state index contributed by atoms with van der Waals surface area (Å²) in [5.74, 6) is 1.11. The van der Waals surface area contributed by atoms with Crippen LogP contribution in [-0.2, 0) is 0 Å². The van der Waals surface area contributed by atoms with Crippen LogP contribution < -0.4 is 10.1 Å². The molecule has 0 saturated carbocycles. The molecular formula is C17H19NO3. The lowest BCUT2D eigenvalue weighted by molar-refractivity contribution is 0.0914. The van der Waals surface area contributed by atoms with Crippen molar-refractivity contribution in [3.05, 3.63) is 60.2 Å². The SMILES string of the molecule is CC[C@H](CO)NC(=O)c1cccc(Oc2ccccc2)c1. The summed E-state index contributed by atoms with van der Waals surface area (Å²) in [5, 5.41) is 11.9. The third-order valence-electron chi connectivity index (χ3n) is 3.12.